The van der Waals surface area contributed by atoms with E-state index >= 15 is 0 Å². The van der Waals surface area contributed by atoms with E-state index in [1.165, 1.54) is 50.5 Å². The minimum absolute atomic E-state index is 0.0514. The van der Waals surface area contributed by atoms with Gasteiger partial charge in [0.05, 0.1) is 6.10 Å². The number of nitrogens with two attached hydrogens (primary N) is 1. The average Bonchev–Trinajstić information content (AvgIpc) is 3.31. The predicted molar refractivity (Wildman–Crippen MR) is 86.5 cm³/mol. The summed E-state index contributed by atoms with van der Waals surface area (Å²) in [5.41, 5.74) is 8.03. The third-order valence-corrected chi connectivity index (χ3v) is 5.23. The second kappa shape index (κ2) is 5.98. The fraction of sp³-hybridized carbons (Fsp3) is 0.667. The van der Waals surface area contributed by atoms with Crippen LogP contribution in [0.4, 0.5) is 0 Å². The molecule has 2 saturated carbocycles. The van der Waals surface area contributed by atoms with Crippen molar-refractivity contribution >= 4 is 0 Å². The van der Waals surface area contributed by atoms with Gasteiger partial charge in [0.25, 0.3) is 0 Å². The molecule has 0 heterocycles. The number of hydrogen-bond acceptors (Lipinski definition) is 3. The third-order valence-electron chi connectivity index (χ3n) is 5.23. The van der Waals surface area contributed by atoms with Crippen molar-refractivity contribution in [1.82, 2.24) is 4.90 Å². The highest BCUT2D eigenvalue weighted by Crippen LogP contribution is 2.41. The summed E-state index contributed by atoms with van der Waals surface area (Å²) in [5.74, 6) is 0.982. The monoisotopic (exact) mass is 288 g/mol. The standard InChI is InChI=1S/C18H28N2O/c1-20(2)18(11-4-3-5-12-18)17(19)14-7-6-8-16(13-14)21-15-9-10-15/h6-8,13,15,17H,3-5,9-12,19H2,1-2H3. The van der Waals surface area contributed by atoms with E-state index < -0.39 is 0 Å². The van der Waals surface area contributed by atoms with Crippen molar-refractivity contribution in [2.24, 2.45) is 5.73 Å². The molecule has 0 spiro atoms. The van der Waals surface area contributed by atoms with E-state index in [1.807, 2.05) is 0 Å². The summed E-state index contributed by atoms with van der Waals surface area (Å²) >= 11 is 0. The van der Waals surface area contributed by atoms with Crippen LogP contribution in [0.1, 0.15) is 56.6 Å². The third kappa shape index (κ3) is 3.09. The smallest absolute Gasteiger partial charge is 0.120 e. The van der Waals surface area contributed by atoms with E-state index in [0.29, 0.717) is 6.10 Å². The van der Waals surface area contributed by atoms with Crippen LogP contribution in [0, 0.1) is 0 Å². The molecule has 0 radical (unpaired) electrons. The van der Waals surface area contributed by atoms with Gasteiger partial charge in [-0.05, 0) is 57.5 Å². The van der Waals surface area contributed by atoms with Gasteiger partial charge in [0.2, 0.25) is 0 Å². The van der Waals surface area contributed by atoms with E-state index in [2.05, 4.69) is 43.3 Å². The Morgan fingerprint density at radius 1 is 1.19 bits per heavy atom. The Hall–Kier alpha value is -1.06. The Bertz CT molecular complexity index is 476. The van der Waals surface area contributed by atoms with Gasteiger partial charge in [-0.25, -0.2) is 0 Å². The van der Waals surface area contributed by atoms with E-state index in [1.54, 1.807) is 0 Å². The van der Waals surface area contributed by atoms with Gasteiger partial charge in [0.15, 0.2) is 0 Å². The van der Waals surface area contributed by atoms with Crippen LogP contribution in [0.2, 0.25) is 0 Å². The highest BCUT2D eigenvalue weighted by molar-refractivity contribution is 5.33. The molecule has 2 fully saturated rings. The van der Waals surface area contributed by atoms with Gasteiger partial charge in [-0.3, -0.25) is 0 Å². The van der Waals surface area contributed by atoms with Crippen molar-refractivity contribution in [3.63, 3.8) is 0 Å². The number of ether oxygens (including phenoxy) is 1. The highest BCUT2D eigenvalue weighted by atomic mass is 16.5. The predicted octanol–water partition coefficient (Wildman–Crippen LogP) is 3.49. The molecule has 0 aromatic heterocycles. The zero-order chi connectivity index (χ0) is 14.9. The molecule has 21 heavy (non-hydrogen) atoms. The maximum Gasteiger partial charge on any atom is 0.120 e. The molecule has 0 aliphatic heterocycles. The number of likely N-dealkylation sites (N-methyl/N-ethyl adjacent to an activating group) is 1. The summed E-state index contributed by atoms with van der Waals surface area (Å²) in [6, 6.07) is 8.50. The molecule has 1 atom stereocenters. The van der Waals surface area contributed by atoms with Gasteiger partial charge in [0, 0.05) is 11.6 Å². The largest absolute Gasteiger partial charge is 0.490 e. The maximum absolute atomic E-state index is 6.72. The molecule has 3 heteroatoms. The van der Waals surface area contributed by atoms with Crippen LogP contribution in [0.25, 0.3) is 0 Å². The van der Waals surface area contributed by atoms with E-state index in [-0.39, 0.29) is 11.6 Å². The van der Waals surface area contributed by atoms with Gasteiger partial charge in [-0.2, -0.15) is 0 Å². The molecule has 0 bridgehead atoms. The van der Waals surface area contributed by atoms with E-state index in [9.17, 15) is 0 Å². The minimum atomic E-state index is 0.0514. The van der Waals surface area contributed by atoms with Gasteiger partial charge >= 0.3 is 0 Å². The molecule has 0 amide bonds. The van der Waals surface area contributed by atoms with Crippen molar-refractivity contribution < 1.29 is 4.74 Å². The molecule has 1 aromatic carbocycles. The van der Waals surface area contributed by atoms with Crippen molar-refractivity contribution in [2.45, 2.75) is 62.6 Å². The van der Waals surface area contributed by atoms with Crippen LogP contribution < -0.4 is 10.5 Å². The maximum atomic E-state index is 6.72. The van der Waals surface area contributed by atoms with E-state index in [0.717, 1.165) is 5.75 Å². The molecule has 116 valence electrons. The summed E-state index contributed by atoms with van der Waals surface area (Å²) in [6.07, 6.45) is 9.11. The molecule has 3 nitrogen and oxygen atoms in total. The molecule has 2 N–H and O–H groups in total. The van der Waals surface area contributed by atoms with Gasteiger partial charge in [-0.15, -0.1) is 0 Å². The molecule has 1 unspecified atom stereocenters. The van der Waals surface area contributed by atoms with Crippen LogP contribution in [-0.4, -0.2) is 30.6 Å². The fourth-order valence-electron chi connectivity index (χ4n) is 3.67. The van der Waals surface area contributed by atoms with Crippen molar-refractivity contribution in [3.05, 3.63) is 29.8 Å². The lowest BCUT2D eigenvalue weighted by Crippen LogP contribution is -2.53. The highest BCUT2D eigenvalue weighted by Gasteiger charge is 2.40. The molecule has 2 aliphatic carbocycles. The topological polar surface area (TPSA) is 38.5 Å². The lowest BCUT2D eigenvalue weighted by molar-refractivity contribution is 0.0712. The summed E-state index contributed by atoms with van der Waals surface area (Å²) in [6.45, 7) is 0. The zero-order valence-corrected chi connectivity index (χ0v) is 13.3. The molecule has 2 aliphatic rings. The van der Waals surface area contributed by atoms with Crippen molar-refractivity contribution in [1.29, 1.82) is 0 Å². The van der Waals surface area contributed by atoms with Gasteiger partial charge < -0.3 is 15.4 Å². The second-order valence-corrected chi connectivity index (χ2v) is 6.93. The Labute approximate surface area is 128 Å². The van der Waals surface area contributed by atoms with Gasteiger partial charge in [0.1, 0.15) is 5.75 Å². The van der Waals surface area contributed by atoms with Crippen LogP contribution in [-0.2, 0) is 0 Å². The van der Waals surface area contributed by atoms with Crippen LogP contribution >= 0.6 is 0 Å². The molecule has 1 aromatic rings. The number of benzene rings is 1. The molecule has 0 saturated heterocycles. The van der Waals surface area contributed by atoms with E-state index in [4.69, 9.17) is 10.5 Å². The number of rotatable bonds is 5. The van der Waals surface area contributed by atoms with Gasteiger partial charge in [-0.1, -0.05) is 31.4 Å². The summed E-state index contributed by atoms with van der Waals surface area (Å²) < 4.78 is 5.93. The summed E-state index contributed by atoms with van der Waals surface area (Å²) in [5, 5.41) is 0. The fourth-order valence-corrected chi connectivity index (χ4v) is 3.67. The quantitative estimate of drug-likeness (QED) is 0.901. The first-order chi connectivity index (χ1) is 10.1. The SMILES string of the molecule is CN(C)C1(C(N)c2cccc(OC3CC3)c2)CCCCC1. The average molecular weight is 288 g/mol. The van der Waals surface area contributed by atoms with Crippen LogP contribution in [0.15, 0.2) is 24.3 Å². The Balaban J connectivity index is 1.82. The Morgan fingerprint density at radius 3 is 2.52 bits per heavy atom. The van der Waals surface area contributed by atoms with Crippen LogP contribution in [0.3, 0.4) is 0 Å². The first-order valence-electron chi connectivity index (χ1n) is 8.31. The molecular formula is C18H28N2O. The lowest BCUT2D eigenvalue weighted by Gasteiger charge is -2.47. The lowest BCUT2D eigenvalue weighted by atomic mass is 9.73. The normalized spacial score (nSPS) is 23.0. The molecule has 3 rings (SSSR count). The Kier molecular flexibility index (Phi) is 4.23. The summed E-state index contributed by atoms with van der Waals surface area (Å²) in [4.78, 5) is 2.35. The first kappa shape index (κ1) is 14.9. The minimum Gasteiger partial charge on any atom is -0.490 e. The van der Waals surface area contributed by atoms with Crippen molar-refractivity contribution in [2.75, 3.05) is 14.1 Å². The van der Waals surface area contributed by atoms with Crippen LogP contribution in [0.5, 0.6) is 5.75 Å². The Morgan fingerprint density at radius 2 is 1.90 bits per heavy atom. The number of nitrogens with zero attached hydrogens (tertiary/aromatic N) is 1. The second-order valence-electron chi connectivity index (χ2n) is 6.93. The summed E-state index contributed by atoms with van der Waals surface area (Å²) in [7, 11) is 4.35. The van der Waals surface area contributed by atoms with Crippen molar-refractivity contribution in [3.8, 4) is 5.75 Å². The first-order valence-corrected chi connectivity index (χ1v) is 8.31. The number of hydrogen-bond donors (Lipinski definition) is 1. The zero-order valence-electron chi connectivity index (χ0n) is 13.3. The molecular weight excluding hydrogens is 260 g/mol.